The number of hydrogen-bond donors (Lipinski definition) is 1. The third-order valence-electron chi connectivity index (χ3n) is 2.65. The molecular weight excluding hydrogens is 265 g/mol. The average Bonchev–Trinajstić information content (AvgIpc) is 2.00. The molecular formula is C9H21INO-. The van der Waals surface area contributed by atoms with Gasteiger partial charge in [0.2, 0.25) is 0 Å². The van der Waals surface area contributed by atoms with Gasteiger partial charge in [-0.3, -0.25) is 0 Å². The van der Waals surface area contributed by atoms with Crippen molar-refractivity contribution in [1.82, 2.24) is 5.32 Å². The Labute approximate surface area is 86.7 Å². The summed E-state index contributed by atoms with van der Waals surface area (Å²) < 4.78 is 6.76. The second-order valence-electron chi connectivity index (χ2n) is 3.91. The monoisotopic (exact) mass is 286 g/mol. The van der Waals surface area contributed by atoms with Crippen LogP contribution in [0.4, 0.5) is 0 Å². The summed E-state index contributed by atoms with van der Waals surface area (Å²) in [6, 6.07) is 0. The van der Waals surface area contributed by atoms with E-state index in [2.05, 4.69) is 37.9 Å². The molecule has 76 valence electrons. The molecule has 2 nitrogen and oxygen atoms in total. The van der Waals surface area contributed by atoms with E-state index >= 15 is 0 Å². The molecule has 0 aliphatic rings. The SMILES string of the molecule is CNC(C)(C)C(C)(C)OC[I-]C. The van der Waals surface area contributed by atoms with E-state index in [0.29, 0.717) is 0 Å². The van der Waals surface area contributed by atoms with Gasteiger partial charge >= 0.3 is 86.7 Å². The number of halogens is 1. The molecule has 0 radical (unpaired) electrons. The van der Waals surface area contributed by atoms with Crippen LogP contribution in [0.5, 0.6) is 0 Å². The first-order valence-corrected chi connectivity index (χ1v) is 7.82. The third kappa shape index (κ3) is 3.18. The molecule has 12 heavy (non-hydrogen) atoms. The predicted octanol–water partition coefficient (Wildman–Crippen LogP) is -1.54. The molecule has 0 amide bonds. The zero-order valence-electron chi connectivity index (χ0n) is 8.99. The Morgan fingerprint density at radius 1 is 1.25 bits per heavy atom. The summed E-state index contributed by atoms with van der Waals surface area (Å²) in [7, 11) is 1.98. The molecule has 0 bridgehead atoms. The number of rotatable bonds is 5. The molecule has 0 aromatic carbocycles. The fourth-order valence-corrected chi connectivity index (χ4v) is 1.76. The van der Waals surface area contributed by atoms with Crippen molar-refractivity contribution in [2.75, 3.05) is 16.6 Å². The van der Waals surface area contributed by atoms with Crippen molar-refractivity contribution in [2.45, 2.75) is 38.8 Å². The van der Waals surface area contributed by atoms with Gasteiger partial charge in [0, 0.05) is 0 Å². The van der Waals surface area contributed by atoms with Crippen LogP contribution in [0.15, 0.2) is 0 Å². The van der Waals surface area contributed by atoms with Crippen LogP contribution in [0, 0.1) is 0 Å². The molecule has 0 fully saturated rings. The molecule has 0 rings (SSSR count). The third-order valence-corrected chi connectivity index (χ3v) is 3.59. The topological polar surface area (TPSA) is 21.3 Å². The van der Waals surface area contributed by atoms with Gasteiger partial charge in [-0.1, -0.05) is 0 Å². The summed E-state index contributed by atoms with van der Waals surface area (Å²) in [5.74, 6) is 0. The van der Waals surface area contributed by atoms with Gasteiger partial charge in [-0.25, -0.2) is 0 Å². The fraction of sp³-hybridized carbons (Fsp3) is 1.00. The Morgan fingerprint density at radius 3 is 2.08 bits per heavy atom. The van der Waals surface area contributed by atoms with Crippen molar-refractivity contribution in [3.63, 3.8) is 0 Å². The first-order valence-electron chi connectivity index (χ1n) is 4.14. The van der Waals surface area contributed by atoms with Gasteiger partial charge < -0.3 is 0 Å². The summed E-state index contributed by atoms with van der Waals surface area (Å²) in [6.07, 6.45) is 0. The first kappa shape index (κ1) is 12.7. The molecule has 0 aromatic heterocycles. The molecule has 0 saturated carbocycles. The molecule has 0 aliphatic heterocycles. The van der Waals surface area contributed by atoms with E-state index in [1.807, 2.05) is 7.05 Å². The zero-order chi connectivity index (χ0) is 9.83. The Bertz CT molecular complexity index is 134. The van der Waals surface area contributed by atoms with Crippen molar-refractivity contribution in [2.24, 2.45) is 0 Å². The Hall–Kier alpha value is 0.650. The fourth-order valence-electron chi connectivity index (χ4n) is 0.672. The van der Waals surface area contributed by atoms with Crippen molar-refractivity contribution < 1.29 is 25.9 Å². The number of ether oxygens (including phenoxy) is 1. The minimum absolute atomic E-state index is 0.0336. The van der Waals surface area contributed by atoms with Crippen molar-refractivity contribution in [1.29, 1.82) is 0 Å². The molecule has 0 saturated heterocycles. The standard InChI is InChI=1S/C9H21INO/c1-8(2,11-6)9(3,4)12-7-10-5/h11H,7H2,1-6H3/q-1. The average molecular weight is 286 g/mol. The Morgan fingerprint density at radius 2 is 1.75 bits per heavy atom. The van der Waals surface area contributed by atoms with Crippen LogP contribution < -0.4 is 26.5 Å². The summed E-state index contributed by atoms with van der Waals surface area (Å²) >= 11 is 0.238. The Balaban J connectivity index is 4.17. The normalized spacial score (nSPS) is 13.8. The maximum atomic E-state index is 5.82. The van der Waals surface area contributed by atoms with E-state index in [9.17, 15) is 0 Å². The van der Waals surface area contributed by atoms with Crippen molar-refractivity contribution >= 4 is 0 Å². The molecule has 0 unspecified atom stereocenters. The second kappa shape index (κ2) is 4.77. The van der Waals surface area contributed by atoms with Gasteiger partial charge in [0.25, 0.3) is 0 Å². The van der Waals surface area contributed by atoms with E-state index in [4.69, 9.17) is 4.74 Å². The van der Waals surface area contributed by atoms with Crippen LogP contribution >= 0.6 is 0 Å². The van der Waals surface area contributed by atoms with Gasteiger partial charge in [-0.2, -0.15) is 0 Å². The van der Waals surface area contributed by atoms with E-state index in [1.54, 1.807) is 0 Å². The Kier molecular flexibility index (Phi) is 5.02. The van der Waals surface area contributed by atoms with E-state index in [-0.39, 0.29) is 32.3 Å². The molecule has 0 spiro atoms. The van der Waals surface area contributed by atoms with Gasteiger partial charge in [0.15, 0.2) is 0 Å². The van der Waals surface area contributed by atoms with E-state index < -0.39 is 0 Å². The van der Waals surface area contributed by atoms with Gasteiger partial charge in [0.1, 0.15) is 0 Å². The van der Waals surface area contributed by atoms with Crippen LogP contribution in [0.1, 0.15) is 27.7 Å². The van der Waals surface area contributed by atoms with Crippen LogP contribution in [-0.2, 0) is 4.74 Å². The van der Waals surface area contributed by atoms with E-state index in [0.717, 1.165) is 4.61 Å². The molecule has 0 aromatic rings. The number of alkyl halides is 2. The first-order chi connectivity index (χ1) is 5.37. The van der Waals surface area contributed by atoms with Crippen LogP contribution in [-0.4, -0.2) is 27.7 Å². The summed E-state index contributed by atoms with van der Waals surface area (Å²) in [5.41, 5.74) is -0.0522. The van der Waals surface area contributed by atoms with Crippen LogP contribution in [0.25, 0.3) is 0 Å². The molecule has 0 heterocycles. The molecule has 0 atom stereocenters. The number of nitrogens with one attached hydrogen (secondary N) is 1. The molecule has 1 N–H and O–H groups in total. The van der Waals surface area contributed by atoms with Gasteiger partial charge in [-0.05, 0) is 0 Å². The number of hydrogen-bond acceptors (Lipinski definition) is 2. The maximum absolute atomic E-state index is 5.82. The quantitative estimate of drug-likeness (QED) is 0.488. The summed E-state index contributed by atoms with van der Waals surface area (Å²) in [5, 5.41) is 3.28. The van der Waals surface area contributed by atoms with Gasteiger partial charge in [0.05, 0.1) is 0 Å². The number of likely N-dealkylation sites (N-methyl/N-ethyl adjacent to an activating group) is 1. The summed E-state index contributed by atoms with van der Waals surface area (Å²) in [4.78, 5) is 2.24. The van der Waals surface area contributed by atoms with E-state index in [1.165, 1.54) is 0 Å². The second-order valence-corrected chi connectivity index (χ2v) is 6.05. The minimum atomic E-state index is -0.0858. The predicted molar refractivity (Wildman–Crippen MR) is 49.1 cm³/mol. The van der Waals surface area contributed by atoms with Crippen LogP contribution in [0.2, 0.25) is 0 Å². The van der Waals surface area contributed by atoms with Crippen LogP contribution in [0.3, 0.4) is 0 Å². The van der Waals surface area contributed by atoms with Crippen molar-refractivity contribution in [3.05, 3.63) is 0 Å². The van der Waals surface area contributed by atoms with Crippen molar-refractivity contribution in [3.8, 4) is 0 Å². The zero-order valence-corrected chi connectivity index (χ0v) is 11.2. The molecule has 0 aliphatic carbocycles. The summed E-state index contributed by atoms with van der Waals surface area (Å²) in [6.45, 7) is 8.62. The molecule has 3 heteroatoms. The van der Waals surface area contributed by atoms with Gasteiger partial charge in [-0.15, -0.1) is 0 Å².